The second-order valence-corrected chi connectivity index (χ2v) is 8.86. The molecule has 3 aromatic heterocycles. The van der Waals surface area contributed by atoms with Crippen molar-refractivity contribution < 1.29 is 8.78 Å². The lowest BCUT2D eigenvalue weighted by atomic mass is 9.85. The van der Waals surface area contributed by atoms with Gasteiger partial charge in [0.05, 0.1) is 18.4 Å². The summed E-state index contributed by atoms with van der Waals surface area (Å²) < 4.78 is 31.7. The highest BCUT2D eigenvalue weighted by molar-refractivity contribution is 5.73. The van der Waals surface area contributed by atoms with Gasteiger partial charge in [-0.25, -0.2) is 18.4 Å². The van der Waals surface area contributed by atoms with E-state index in [2.05, 4.69) is 20.2 Å². The Kier molecular flexibility index (Phi) is 4.91. The van der Waals surface area contributed by atoms with Crippen molar-refractivity contribution in [3.05, 3.63) is 64.3 Å². The summed E-state index contributed by atoms with van der Waals surface area (Å²) in [5.74, 6) is 0.0590. The molecule has 0 amide bonds. The number of fused-ring (bicyclic) bond motifs is 1. The van der Waals surface area contributed by atoms with Crippen molar-refractivity contribution in [1.29, 1.82) is 0 Å². The quantitative estimate of drug-likeness (QED) is 0.520. The summed E-state index contributed by atoms with van der Waals surface area (Å²) in [5, 5.41) is 8.99. The van der Waals surface area contributed by atoms with Crippen LogP contribution in [-0.2, 0) is 13.5 Å². The molecule has 1 aliphatic rings. The third kappa shape index (κ3) is 3.83. The standard InChI is InChI=1S/C23H24F2N6O/c1-23(25)7-5-17(6-8-23)31-21-19(12-27-31)22(32)29-20(28-21)10-14-9-16(24)3-4-18(14)15-11-26-30(2)13-15/h3-4,9,11-13,17H,5-8,10H2,1-2H3,(H,28,29,32). The van der Waals surface area contributed by atoms with Crippen LogP contribution in [0.4, 0.5) is 8.78 Å². The van der Waals surface area contributed by atoms with Gasteiger partial charge in [-0.15, -0.1) is 0 Å². The fourth-order valence-electron chi connectivity index (χ4n) is 4.51. The Morgan fingerprint density at radius 3 is 2.72 bits per heavy atom. The minimum atomic E-state index is -1.16. The number of aromatic amines is 1. The van der Waals surface area contributed by atoms with Crippen molar-refractivity contribution in [3.8, 4) is 11.1 Å². The molecule has 1 fully saturated rings. The predicted molar refractivity (Wildman–Crippen MR) is 117 cm³/mol. The number of benzene rings is 1. The Bertz CT molecular complexity index is 1340. The zero-order chi connectivity index (χ0) is 22.5. The molecule has 166 valence electrons. The summed E-state index contributed by atoms with van der Waals surface area (Å²) in [6.45, 7) is 1.63. The molecule has 1 N–H and O–H groups in total. The van der Waals surface area contributed by atoms with Gasteiger partial charge in [-0.3, -0.25) is 9.48 Å². The number of H-pyrrole nitrogens is 1. The Morgan fingerprint density at radius 1 is 1.22 bits per heavy atom. The van der Waals surface area contributed by atoms with E-state index in [1.165, 1.54) is 18.3 Å². The molecule has 0 bridgehead atoms. The molecule has 0 aliphatic heterocycles. The first-order valence-corrected chi connectivity index (χ1v) is 10.7. The van der Waals surface area contributed by atoms with E-state index in [0.717, 1.165) is 11.1 Å². The lowest BCUT2D eigenvalue weighted by Crippen LogP contribution is -2.28. The molecule has 32 heavy (non-hydrogen) atoms. The summed E-state index contributed by atoms with van der Waals surface area (Å²) in [7, 11) is 1.82. The SMILES string of the molecule is Cn1cc(-c2ccc(F)cc2Cc2nc3c(cnn3C3CCC(C)(F)CC3)c(=O)[nH]2)cn1. The Morgan fingerprint density at radius 2 is 2.00 bits per heavy atom. The lowest BCUT2D eigenvalue weighted by Gasteiger charge is -2.31. The van der Waals surface area contributed by atoms with Crippen molar-refractivity contribution in [2.24, 2.45) is 7.05 Å². The molecule has 1 saturated carbocycles. The minimum absolute atomic E-state index is 0.00130. The molecule has 0 saturated heterocycles. The average Bonchev–Trinajstić information content (AvgIpc) is 3.35. The molecule has 1 aliphatic carbocycles. The fraction of sp³-hybridized carbons (Fsp3) is 0.391. The van der Waals surface area contributed by atoms with Crippen molar-refractivity contribution in [3.63, 3.8) is 0 Å². The van der Waals surface area contributed by atoms with E-state index < -0.39 is 5.67 Å². The van der Waals surface area contributed by atoms with Gasteiger partial charge in [-0.05, 0) is 55.9 Å². The van der Waals surface area contributed by atoms with E-state index in [0.29, 0.717) is 48.1 Å². The first kappa shape index (κ1) is 20.5. The molecule has 0 spiro atoms. The van der Waals surface area contributed by atoms with Gasteiger partial charge in [0.15, 0.2) is 5.65 Å². The van der Waals surface area contributed by atoms with E-state index >= 15 is 0 Å². The number of alkyl halides is 1. The normalized spacial score (nSPS) is 21.3. The Balaban J connectivity index is 1.52. The molecular formula is C23H24F2N6O. The number of aryl methyl sites for hydroxylation is 1. The molecule has 9 heteroatoms. The van der Waals surface area contributed by atoms with Crippen LogP contribution in [0.3, 0.4) is 0 Å². The number of hydrogen-bond acceptors (Lipinski definition) is 4. The van der Waals surface area contributed by atoms with Crippen LogP contribution in [0.2, 0.25) is 0 Å². The number of nitrogens with one attached hydrogen (secondary N) is 1. The minimum Gasteiger partial charge on any atom is -0.310 e. The van der Waals surface area contributed by atoms with E-state index in [4.69, 9.17) is 0 Å². The lowest BCUT2D eigenvalue weighted by molar-refractivity contribution is 0.103. The fourth-order valence-corrected chi connectivity index (χ4v) is 4.51. The monoisotopic (exact) mass is 438 g/mol. The van der Waals surface area contributed by atoms with Gasteiger partial charge in [-0.2, -0.15) is 10.2 Å². The number of nitrogens with zero attached hydrogens (tertiary/aromatic N) is 5. The highest BCUT2D eigenvalue weighted by atomic mass is 19.1. The largest absolute Gasteiger partial charge is 0.310 e. The molecule has 0 atom stereocenters. The van der Waals surface area contributed by atoms with Crippen molar-refractivity contribution in [2.45, 2.75) is 50.7 Å². The van der Waals surface area contributed by atoms with Crippen LogP contribution in [0.1, 0.15) is 50.0 Å². The molecule has 7 nitrogen and oxygen atoms in total. The van der Waals surface area contributed by atoms with Crippen LogP contribution in [0.5, 0.6) is 0 Å². The Labute approximate surface area is 183 Å². The number of aromatic nitrogens is 6. The van der Waals surface area contributed by atoms with Crippen LogP contribution in [0.15, 0.2) is 41.6 Å². The van der Waals surface area contributed by atoms with Crippen LogP contribution in [0.25, 0.3) is 22.2 Å². The van der Waals surface area contributed by atoms with Crippen LogP contribution in [0, 0.1) is 5.82 Å². The van der Waals surface area contributed by atoms with Crippen LogP contribution in [-0.4, -0.2) is 35.2 Å². The molecule has 0 radical (unpaired) electrons. The second kappa shape index (κ2) is 7.65. The molecule has 0 unspecified atom stereocenters. The first-order valence-electron chi connectivity index (χ1n) is 10.7. The molecule has 3 heterocycles. The summed E-state index contributed by atoms with van der Waals surface area (Å²) in [5.41, 5.74) is 1.41. The van der Waals surface area contributed by atoms with E-state index in [1.54, 1.807) is 28.6 Å². The van der Waals surface area contributed by atoms with E-state index in [1.807, 2.05) is 13.2 Å². The van der Waals surface area contributed by atoms with Gasteiger partial charge >= 0.3 is 0 Å². The zero-order valence-electron chi connectivity index (χ0n) is 18.0. The molecular weight excluding hydrogens is 414 g/mol. The third-order valence-corrected chi connectivity index (χ3v) is 6.30. The highest BCUT2D eigenvalue weighted by Crippen LogP contribution is 2.37. The number of hydrogen-bond donors (Lipinski definition) is 1. The third-order valence-electron chi connectivity index (χ3n) is 6.30. The van der Waals surface area contributed by atoms with Crippen molar-refractivity contribution in [1.82, 2.24) is 29.5 Å². The topological polar surface area (TPSA) is 81.4 Å². The maximum absolute atomic E-state index is 14.2. The zero-order valence-corrected chi connectivity index (χ0v) is 18.0. The van der Waals surface area contributed by atoms with Gasteiger partial charge in [0.2, 0.25) is 0 Å². The van der Waals surface area contributed by atoms with E-state index in [-0.39, 0.29) is 23.8 Å². The van der Waals surface area contributed by atoms with Gasteiger partial charge < -0.3 is 4.98 Å². The van der Waals surface area contributed by atoms with Crippen molar-refractivity contribution >= 4 is 11.0 Å². The summed E-state index contributed by atoms with van der Waals surface area (Å²) in [6, 6.07) is 4.56. The maximum Gasteiger partial charge on any atom is 0.262 e. The average molecular weight is 438 g/mol. The van der Waals surface area contributed by atoms with Gasteiger partial charge in [0.25, 0.3) is 5.56 Å². The maximum atomic E-state index is 14.2. The second-order valence-electron chi connectivity index (χ2n) is 8.86. The Hall–Kier alpha value is -3.36. The highest BCUT2D eigenvalue weighted by Gasteiger charge is 2.32. The summed E-state index contributed by atoms with van der Waals surface area (Å²) in [6.07, 6.45) is 7.51. The van der Waals surface area contributed by atoms with E-state index in [9.17, 15) is 13.6 Å². The molecule has 1 aromatic carbocycles. The van der Waals surface area contributed by atoms with Crippen LogP contribution < -0.4 is 5.56 Å². The molecule has 5 rings (SSSR count). The van der Waals surface area contributed by atoms with Crippen LogP contribution >= 0.6 is 0 Å². The number of halogens is 2. The number of rotatable bonds is 4. The van der Waals surface area contributed by atoms with Gasteiger partial charge in [0.1, 0.15) is 22.7 Å². The van der Waals surface area contributed by atoms with Gasteiger partial charge in [0, 0.05) is 25.2 Å². The first-order chi connectivity index (χ1) is 15.3. The predicted octanol–water partition coefficient (Wildman–Crippen LogP) is 4.09. The molecule has 4 aromatic rings. The summed E-state index contributed by atoms with van der Waals surface area (Å²) >= 11 is 0. The smallest absolute Gasteiger partial charge is 0.262 e. The van der Waals surface area contributed by atoms with Gasteiger partial charge in [-0.1, -0.05) is 6.07 Å². The summed E-state index contributed by atoms with van der Waals surface area (Å²) in [4.78, 5) is 20.2. The van der Waals surface area contributed by atoms with Crippen molar-refractivity contribution in [2.75, 3.05) is 0 Å².